The number of hydrogen-bond donors (Lipinski definition) is 1. The molecule has 122 valence electrons. The molecular weight excluding hydrogens is 298 g/mol. The maximum Gasteiger partial charge on any atom is 0.120 e. The molecule has 24 heavy (non-hydrogen) atoms. The number of aryl methyl sites for hydroxylation is 1. The molecule has 3 rings (SSSR count). The SMILES string of the molecule is OC(CCc1cccnc1)COc1cccc(-c2ccccc2)c1. The zero-order chi connectivity index (χ0) is 16.6. The van der Waals surface area contributed by atoms with Crippen molar-refractivity contribution >= 4 is 0 Å². The van der Waals surface area contributed by atoms with Gasteiger partial charge >= 0.3 is 0 Å². The van der Waals surface area contributed by atoms with Gasteiger partial charge in [-0.1, -0.05) is 48.5 Å². The van der Waals surface area contributed by atoms with Crippen LogP contribution in [0.1, 0.15) is 12.0 Å². The number of ether oxygens (including phenoxy) is 1. The van der Waals surface area contributed by atoms with E-state index in [1.807, 2.05) is 54.7 Å². The fourth-order valence-corrected chi connectivity index (χ4v) is 2.55. The summed E-state index contributed by atoms with van der Waals surface area (Å²) >= 11 is 0. The van der Waals surface area contributed by atoms with E-state index in [0.717, 1.165) is 28.9 Å². The third-order valence-corrected chi connectivity index (χ3v) is 3.87. The standard InChI is InChI=1S/C21H21NO2/c23-20(12-11-17-6-5-13-22-15-17)16-24-21-10-4-9-19(14-21)18-7-2-1-3-8-18/h1-10,13-15,20,23H,11-12,16H2. The number of rotatable bonds is 7. The van der Waals surface area contributed by atoms with Crippen LogP contribution in [0.2, 0.25) is 0 Å². The van der Waals surface area contributed by atoms with Gasteiger partial charge in [0.1, 0.15) is 12.4 Å². The molecule has 0 amide bonds. The zero-order valence-corrected chi connectivity index (χ0v) is 13.5. The van der Waals surface area contributed by atoms with Crippen molar-refractivity contribution in [2.24, 2.45) is 0 Å². The Bertz CT molecular complexity index is 744. The average molecular weight is 319 g/mol. The smallest absolute Gasteiger partial charge is 0.120 e. The van der Waals surface area contributed by atoms with Crippen molar-refractivity contribution in [1.29, 1.82) is 0 Å². The van der Waals surface area contributed by atoms with Crippen LogP contribution >= 0.6 is 0 Å². The van der Waals surface area contributed by atoms with Crippen molar-refractivity contribution in [3.05, 3.63) is 84.7 Å². The minimum absolute atomic E-state index is 0.290. The molecule has 0 aliphatic carbocycles. The lowest BCUT2D eigenvalue weighted by atomic mass is 10.1. The molecule has 2 aromatic carbocycles. The Labute approximate surface area is 142 Å². The number of pyridine rings is 1. The van der Waals surface area contributed by atoms with Crippen LogP contribution in [0.5, 0.6) is 5.75 Å². The highest BCUT2D eigenvalue weighted by Crippen LogP contribution is 2.23. The summed E-state index contributed by atoms with van der Waals surface area (Å²) in [6, 6.07) is 22.1. The minimum atomic E-state index is -0.495. The molecule has 1 N–H and O–H groups in total. The first-order valence-corrected chi connectivity index (χ1v) is 8.16. The molecule has 1 heterocycles. The Hall–Kier alpha value is -2.65. The molecule has 3 heteroatoms. The van der Waals surface area contributed by atoms with Crippen molar-refractivity contribution < 1.29 is 9.84 Å². The van der Waals surface area contributed by atoms with Crippen LogP contribution in [-0.2, 0) is 6.42 Å². The first-order valence-electron chi connectivity index (χ1n) is 8.16. The predicted molar refractivity (Wildman–Crippen MR) is 95.9 cm³/mol. The second-order valence-corrected chi connectivity index (χ2v) is 5.76. The zero-order valence-electron chi connectivity index (χ0n) is 13.5. The van der Waals surface area contributed by atoms with Crippen LogP contribution in [0.3, 0.4) is 0 Å². The fourth-order valence-electron chi connectivity index (χ4n) is 2.55. The van der Waals surface area contributed by atoms with Crippen molar-refractivity contribution in [1.82, 2.24) is 4.98 Å². The number of aliphatic hydroxyl groups excluding tert-OH is 1. The third-order valence-electron chi connectivity index (χ3n) is 3.87. The lowest BCUT2D eigenvalue weighted by Gasteiger charge is -2.13. The molecule has 3 aromatic rings. The molecule has 0 bridgehead atoms. The van der Waals surface area contributed by atoms with Gasteiger partial charge in [0.25, 0.3) is 0 Å². The van der Waals surface area contributed by atoms with Gasteiger partial charge in [-0.25, -0.2) is 0 Å². The van der Waals surface area contributed by atoms with E-state index in [1.54, 1.807) is 6.20 Å². The van der Waals surface area contributed by atoms with Gasteiger partial charge in [-0.05, 0) is 47.7 Å². The van der Waals surface area contributed by atoms with Crippen molar-refractivity contribution in [3.63, 3.8) is 0 Å². The predicted octanol–water partition coefficient (Wildman–Crippen LogP) is 4.12. The molecular formula is C21H21NO2. The Kier molecular flexibility index (Phi) is 5.59. The highest BCUT2D eigenvalue weighted by molar-refractivity contribution is 5.64. The molecule has 1 atom stereocenters. The maximum absolute atomic E-state index is 10.1. The Morgan fingerprint density at radius 1 is 0.917 bits per heavy atom. The summed E-state index contributed by atoms with van der Waals surface area (Å²) < 4.78 is 5.75. The molecule has 1 aromatic heterocycles. The van der Waals surface area contributed by atoms with Gasteiger partial charge in [0, 0.05) is 12.4 Å². The maximum atomic E-state index is 10.1. The first kappa shape index (κ1) is 16.2. The van der Waals surface area contributed by atoms with E-state index in [1.165, 1.54) is 0 Å². The second kappa shape index (κ2) is 8.27. The van der Waals surface area contributed by atoms with E-state index in [0.29, 0.717) is 13.0 Å². The molecule has 0 saturated carbocycles. The first-order chi connectivity index (χ1) is 11.8. The highest BCUT2D eigenvalue weighted by Gasteiger charge is 2.07. The summed E-state index contributed by atoms with van der Waals surface area (Å²) in [7, 11) is 0. The monoisotopic (exact) mass is 319 g/mol. The van der Waals surface area contributed by atoms with E-state index >= 15 is 0 Å². The van der Waals surface area contributed by atoms with E-state index in [9.17, 15) is 5.11 Å². The Balaban J connectivity index is 1.53. The third kappa shape index (κ3) is 4.67. The Morgan fingerprint density at radius 2 is 1.75 bits per heavy atom. The van der Waals surface area contributed by atoms with E-state index in [-0.39, 0.29) is 0 Å². The van der Waals surface area contributed by atoms with Crippen LogP contribution in [0.4, 0.5) is 0 Å². The average Bonchev–Trinajstić information content (AvgIpc) is 2.66. The number of benzene rings is 2. The van der Waals surface area contributed by atoms with E-state index < -0.39 is 6.10 Å². The van der Waals surface area contributed by atoms with Gasteiger partial charge in [-0.15, -0.1) is 0 Å². The van der Waals surface area contributed by atoms with Crippen molar-refractivity contribution in [2.45, 2.75) is 18.9 Å². The van der Waals surface area contributed by atoms with E-state index in [2.05, 4.69) is 23.2 Å². The number of hydrogen-bond acceptors (Lipinski definition) is 3. The molecule has 0 aliphatic rings. The van der Waals surface area contributed by atoms with Crippen molar-refractivity contribution in [3.8, 4) is 16.9 Å². The van der Waals surface area contributed by atoms with Gasteiger partial charge in [0.05, 0.1) is 6.10 Å². The van der Waals surface area contributed by atoms with Crippen LogP contribution < -0.4 is 4.74 Å². The normalized spacial score (nSPS) is 11.9. The molecule has 0 aliphatic heterocycles. The summed E-state index contributed by atoms with van der Waals surface area (Å²) in [4.78, 5) is 4.08. The van der Waals surface area contributed by atoms with Crippen LogP contribution in [0, 0.1) is 0 Å². The molecule has 0 spiro atoms. The molecule has 3 nitrogen and oxygen atoms in total. The van der Waals surface area contributed by atoms with Gasteiger partial charge in [0.15, 0.2) is 0 Å². The van der Waals surface area contributed by atoms with Gasteiger partial charge in [0.2, 0.25) is 0 Å². The number of nitrogens with zero attached hydrogens (tertiary/aromatic N) is 1. The summed E-state index contributed by atoms with van der Waals surface area (Å²) in [6.45, 7) is 0.290. The molecule has 1 unspecified atom stereocenters. The fraction of sp³-hybridized carbons (Fsp3) is 0.190. The van der Waals surface area contributed by atoms with Gasteiger partial charge < -0.3 is 9.84 Å². The molecule has 0 radical (unpaired) electrons. The van der Waals surface area contributed by atoms with Crippen LogP contribution in [0.15, 0.2) is 79.1 Å². The van der Waals surface area contributed by atoms with E-state index in [4.69, 9.17) is 4.74 Å². The topological polar surface area (TPSA) is 42.4 Å². The van der Waals surface area contributed by atoms with Crippen LogP contribution in [0.25, 0.3) is 11.1 Å². The Morgan fingerprint density at radius 3 is 2.54 bits per heavy atom. The quantitative estimate of drug-likeness (QED) is 0.712. The second-order valence-electron chi connectivity index (χ2n) is 5.76. The van der Waals surface area contributed by atoms with Gasteiger partial charge in [-0.2, -0.15) is 0 Å². The summed E-state index contributed by atoms with van der Waals surface area (Å²) in [5, 5.41) is 10.1. The van der Waals surface area contributed by atoms with Crippen LogP contribution in [-0.4, -0.2) is 22.8 Å². The lowest BCUT2D eigenvalue weighted by Crippen LogP contribution is -2.18. The number of aromatic nitrogens is 1. The van der Waals surface area contributed by atoms with Gasteiger partial charge in [-0.3, -0.25) is 4.98 Å². The summed E-state index contributed by atoms with van der Waals surface area (Å²) in [5.41, 5.74) is 3.39. The van der Waals surface area contributed by atoms with Crippen molar-refractivity contribution in [2.75, 3.05) is 6.61 Å². The summed E-state index contributed by atoms with van der Waals surface area (Å²) in [5.74, 6) is 0.775. The summed E-state index contributed by atoms with van der Waals surface area (Å²) in [6.07, 6.45) is 4.54. The molecule has 0 fully saturated rings. The number of aliphatic hydroxyl groups is 1. The molecule has 0 saturated heterocycles. The lowest BCUT2D eigenvalue weighted by molar-refractivity contribution is 0.100. The highest BCUT2D eigenvalue weighted by atomic mass is 16.5. The largest absolute Gasteiger partial charge is 0.491 e. The minimum Gasteiger partial charge on any atom is -0.491 e.